The summed E-state index contributed by atoms with van der Waals surface area (Å²) in [7, 11) is -4.00. The molecule has 0 saturated carbocycles. The summed E-state index contributed by atoms with van der Waals surface area (Å²) >= 11 is 1.46. The lowest BCUT2D eigenvalue weighted by Crippen LogP contribution is -2.39. The number of rotatable bonds is 9. The zero-order valence-electron chi connectivity index (χ0n) is 15.6. The van der Waals surface area contributed by atoms with Gasteiger partial charge in [0.2, 0.25) is 10.0 Å². The minimum atomic E-state index is -4.00. The van der Waals surface area contributed by atoms with Crippen LogP contribution in [0, 0.1) is 11.6 Å². The van der Waals surface area contributed by atoms with Crippen molar-refractivity contribution in [2.24, 2.45) is 0 Å². The van der Waals surface area contributed by atoms with E-state index in [9.17, 15) is 17.2 Å². The molecule has 0 radical (unpaired) electrons. The molecule has 6 nitrogen and oxygen atoms in total. The maximum Gasteiger partial charge on any atom is 0.240 e. The lowest BCUT2D eigenvalue weighted by molar-refractivity contribution is 0.502. The molecule has 10 heteroatoms. The predicted molar refractivity (Wildman–Crippen MR) is 109 cm³/mol. The molecule has 1 aromatic carbocycles. The van der Waals surface area contributed by atoms with Crippen molar-refractivity contribution < 1.29 is 17.2 Å². The maximum absolute atomic E-state index is 13.5. The second kappa shape index (κ2) is 9.38. The second-order valence-corrected chi connectivity index (χ2v) is 8.77. The third-order valence-electron chi connectivity index (χ3n) is 4.18. The van der Waals surface area contributed by atoms with E-state index >= 15 is 0 Å². The van der Waals surface area contributed by atoms with E-state index in [2.05, 4.69) is 20.0 Å². The maximum atomic E-state index is 13.5. The van der Waals surface area contributed by atoms with E-state index in [1.54, 1.807) is 17.8 Å². The number of hydrogen-bond donors (Lipinski definition) is 2. The monoisotopic (exact) mass is 438 g/mol. The van der Waals surface area contributed by atoms with Gasteiger partial charge in [-0.3, -0.25) is 4.98 Å². The number of aromatic nitrogens is 2. The van der Waals surface area contributed by atoms with Crippen molar-refractivity contribution in [1.82, 2.24) is 14.7 Å². The van der Waals surface area contributed by atoms with E-state index < -0.39 is 27.7 Å². The minimum absolute atomic E-state index is 0.291. The quantitative estimate of drug-likeness (QED) is 0.527. The number of hydrogen-bond acceptors (Lipinski definition) is 6. The first-order valence-corrected chi connectivity index (χ1v) is 11.4. The summed E-state index contributed by atoms with van der Waals surface area (Å²) in [5, 5.41) is 5.10. The Labute approximate surface area is 172 Å². The fourth-order valence-corrected chi connectivity index (χ4v) is 4.62. The molecule has 29 heavy (non-hydrogen) atoms. The zero-order chi connectivity index (χ0) is 20.9. The molecule has 0 spiro atoms. The normalized spacial score (nSPS) is 12.7. The first-order valence-electron chi connectivity index (χ1n) is 8.95. The van der Waals surface area contributed by atoms with Gasteiger partial charge in [0, 0.05) is 24.2 Å². The number of nitrogens with zero attached hydrogens (tertiary/aromatic N) is 2. The van der Waals surface area contributed by atoms with Crippen molar-refractivity contribution in [3.05, 3.63) is 59.1 Å². The van der Waals surface area contributed by atoms with Crippen LogP contribution in [0.15, 0.2) is 52.3 Å². The molecule has 154 valence electrons. The lowest BCUT2D eigenvalue weighted by atomic mass is 10.1. The molecule has 3 rings (SSSR count). The molecule has 2 aromatic heterocycles. The van der Waals surface area contributed by atoms with Crippen molar-refractivity contribution in [2.45, 2.75) is 30.7 Å². The van der Waals surface area contributed by atoms with Gasteiger partial charge in [-0.25, -0.2) is 26.9 Å². The van der Waals surface area contributed by atoms with Gasteiger partial charge in [-0.1, -0.05) is 13.3 Å². The summed E-state index contributed by atoms with van der Waals surface area (Å²) in [5.74, 6) is -2.30. The number of pyridine rings is 1. The first kappa shape index (κ1) is 21.3. The van der Waals surface area contributed by atoms with Gasteiger partial charge in [0.25, 0.3) is 0 Å². The van der Waals surface area contributed by atoms with Crippen molar-refractivity contribution in [3.63, 3.8) is 0 Å². The molecule has 3 aromatic rings. The average Bonchev–Trinajstić information content (AvgIpc) is 3.23. The fraction of sp³-hybridized carbons (Fsp3) is 0.263. The van der Waals surface area contributed by atoms with Crippen molar-refractivity contribution in [2.75, 3.05) is 11.9 Å². The summed E-state index contributed by atoms with van der Waals surface area (Å²) in [4.78, 5) is 8.30. The van der Waals surface area contributed by atoms with Gasteiger partial charge < -0.3 is 5.32 Å². The highest BCUT2D eigenvalue weighted by atomic mass is 32.2. The Hall–Kier alpha value is -2.43. The predicted octanol–water partition coefficient (Wildman–Crippen LogP) is 4.04. The first-order chi connectivity index (χ1) is 13.9. The highest BCUT2D eigenvalue weighted by molar-refractivity contribution is 7.89. The molecule has 1 atom stereocenters. The molecule has 2 heterocycles. The minimum Gasteiger partial charge on any atom is -0.382 e. The summed E-state index contributed by atoms with van der Waals surface area (Å²) in [6, 6.07) is 5.68. The molecule has 2 N–H and O–H groups in total. The van der Waals surface area contributed by atoms with E-state index in [1.807, 2.05) is 18.4 Å². The molecular weight excluding hydrogens is 418 g/mol. The van der Waals surface area contributed by atoms with Gasteiger partial charge in [-0.15, -0.1) is 11.3 Å². The Balaban J connectivity index is 1.75. The van der Waals surface area contributed by atoms with E-state index in [0.29, 0.717) is 24.7 Å². The SMILES string of the molecule is CCCC(CNc1cccnc1-c1cscn1)NS(=O)(=O)c1ccc(F)c(F)c1. The van der Waals surface area contributed by atoms with Gasteiger partial charge in [-0.05, 0) is 36.8 Å². The topological polar surface area (TPSA) is 84.0 Å². The van der Waals surface area contributed by atoms with Crippen LogP contribution < -0.4 is 10.0 Å². The molecule has 1 unspecified atom stereocenters. The van der Waals surface area contributed by atoms with Crippen LogP contribution in [0.4, 0.5) is 14.5 Å². The smallest absolute Gasteiger partial charge is 0.240 e. The number of sulfonamides is 1. The standard InChI is InChI=1S/C19H20F2N4O2S2/c1-2-4-13(25-29(26,27)14-6-7-15(20)16(21)9-14)10-23-17-5-3-8-22-19(17)18-11-28-12-24-18/h3,5-9,11-13,23,25H,2,4,10H2,1H3. The van der Waals surface area contributed by atoms with Gasteiger partial charge in [-0.2, -0.15) is 0 Å². The van der Waals surface area contributed by atoms with Crippen LogP contribution in [0.1, 0.15) is 19.8 Å². The summed E-state index contributed by atoms with van der Waals surface area (Å²) in [6.07, 6.45) is 2.95. The molecule has 0 amide bonds. The molecule has 0 fully saturated rings. The van der Waals surface area contributed by atoms with Gasteiger partial charge >= 0.3 is 0 Å². The van der Waals surface area contributed by atoms with Crippen LogP contribution in [0.5, 0.6) is 0 Å². The number of benzene rings is 1. The Bertz CT molecular complexity index is 1060. The Morgan fingerprint density at radius 3 is 2.69 bits per heavy atom. The molecule has 0 bridgehead atoms. The van der Waals surface area contributed by atoms with Crippen LogP contribution in [0.3, 0.4) is 0 Å². The third-order valence-corrected chi connectivity index (χ3v) is 6.29. The highest BCUT2D eigenvalue weighted by Crippen LogP contribution is 2.25. The van der Waals surface area contributed by atoms with Crippen molar-refractivity contribution in [1.29, 1.82) is 0 Å². The molecule has 0 aliphatic rings. The van der Waals surface area contributed by atoms with Crippen molar-refractivity contribution in [3.8, 4) is 11.4 Å². The summed E-state index contributed by atoms with van der Waals surface area (Å²) < 4.78 is 54.3. The van der Waals surface area contributed by atoms with Crippen LogP contribution in [-0.2, 0) is 10.0 Å². The number of halogens is 2. The van der Waals surface area contributed by atoms with E-state index in [4.69, 9.17) is 0 Å². The second-order valence-electron chi connectivity index (χ2n) is 6.34. The Morgan fingerprint density at radius 1 is 1.17 bits per heavy atom. The van der Waals surface area contributed by atoms with Gasteiger partial charge in [0.05, 0.1) is 16.1 Å². The van der Waals surface area contributed by atoms with Gasteiger partial charge in [0.15, 0.2) is 11.6 Å². The third kappa shape index (κ3) is 5.34. The lowest BCUT2D eigenvalue weighted by Gasteiger charge is -2.20. The van der Waals surface area contributed by atoms with E-state index in [1.165, 1.54) is 11.3 Å². The van der Waals surface area contributed by atoms with Crippen LogP contribution in [-0.4, -0.2) is 31.0 Å². The number of anilines is 1. The Morgan fingerprint density at radius 2 is 2.00 bits per heavy atom. The fourth-order valence-electron chi connectivity index (χ4n) is 2.80. The van der Waals surface area contributed by atoms with Crippen LogP contribution in [0.2, 0.25) is 0 Å². The highest BCUT2D eigenvalue weighted by Gasteiger charge is 2.21. The molecule has 0 saturated heterocycles. The summed E-state index contributed by atoms with van der Waals surface area (Å²) in [6.45, 7) is 2.23. The average molecular weight is 439 g/mol. The molecular formula is C19H20F2N4O2S2. The number of nitrogens with one attached hydrogen (secondary N) is 2. The van der Waals surface area contributed by atoms with E-state index in [0.717, 1.165) is 29.9 Å². The number of thiazole rings is 1. The summed E-state index contributed by atoms with van der Waals surface area (Å²) in [5.41, 5.74) is 3.84. The molecule has 0 aliphatic heterocycles. The Kier molecular flexibility index (Phi) is 6.88. The van der Waals surface area contributed by atoms with E-state index in [-0.39, 0.29) is 4.90 Å². The largest absolute Gasteiger partial charge is 0.382 e. The van der Waals surface area contributed by atoms with Gasteiger partial charge in [0.1, 0.15) is 11.4 Å². The zero-order valence-corrected chi connectivity index (χ0v) is 17.2. The van der Waals surface area contributed by atoms with Crippen LogP contribution in [0.25, 0.3) is 11.4 Å². The van der Waals surface area contributed by atoms with Crippen molar-refractivity contribution >= 4 is 27.0 Å². The van der Waals surface area contributed by atoms with Crippen LogP contribution >= 0.6 is 11.3 Å². The molecule has 0 aliphatic carbocycles.